The second-order valence-corrected chi connectivity index (χ2v) is 4.42. The number of aliphatic hydroxyl groups is 2. The Balaban J connectivity index is 2.11. The average Bonchev–Trinajstić information content (AvgIpc) is 2.34. The van der Waals surface area contributed by atoms with E-state index in [9.17, 15) is 9.50 Å². The number of ether oxygens (including phenoxy) is 1. The highest BCUT2D eigenvalue weighted by atomic mass is 19.1. The lowest BCUT2D eigenvalue weighted by Crippen LogP contribution is -2.34. The van der Waals surface area contributed by atoms with Gasteiger partial charge in [-0.2, -0.15) is 0 Å². The first-order chi connectivity index (χ1) is 8.20. The van der Waals surface area contributed by atoms with Gasteiger partial charge in [-0.15, -0.1) is 0 Å². The van der Waals surface area contributed by atoms with Gasteiger partial charge in [0.25, 0.3) is 0 Å². The fraction of sp³-hybridized carbons (Fsp3) is 0.538. The number of hydrogen-bond acceptors (Lipinski definition) is 3. The second-order valence-electron chi connectivity index (χ2n) is 4.42. The molecule has 3 nitrogen and oxygen atoms in total. The van der Waals surface area contributed by atoms with E-state index in [2.05, 4.69) is 0 Å². The molecule has 4 heteroatoms. The van der Waals surface area contributed by atoms with Crippen LogP contribution < -0.4 is 4.74 Å². The summed E-state index contributed by atoms with van der Waals surface area (Å²) in [6, 6.07) is 4.05. The van der Waals surface area contributed by atoms with Crippen LogP contribution in [0.3, 0.4) is 0 Å². The number of rotatable bonds is 3. The molecule has 0 heterocycles. The first-order valence-electron chi connectivity index (χ1n) is 5.94. The summed E-state index contributed by atoms with van der Waals surface area (Å²) in [4.78, 5) is 0. The van der Waals surface area contributed by atoms with Crippen molar-refractivity contribution in [1.82, 2.24) is 0 Å². The zero-order valence-electron chi connectivity index (χ0n) is 9.60. The molecule has 1 aromatic rings. The Morgan fingerprint density at radius 3 is 2.76 bits per heavy atom. The zero-order valence-corrected chi connectivity index (χ0v) is 9.60. The van der Waals surface area contributed by atoms with Gasteiger partial charge in [0.05, 0.1) is 12.7 Å². The van der Waals surface area contributed by atoms with Gasteiger partial charge in [0.2, 0.25) is 0 Å². The molecule has 0 bridgehead atoms. The molecule has 0 spiro atoms. The van der Waals surface area contributed by atoms with Gasteiger partial charge in [0.1, 0.15) is 17.7 Å². The van der Waals surface area contributed by atoms with Crippen LogP contribution in [0.1, 0.15) is 31.2 Å². The molecular weight excluding hydrogens is 223 g/mol. The fourth-order valence-corrected chi connectivity index (χ4v) is 2.16. The normalized spacial score (nSPS) is 24.6. The van der Waals surface area contributed by atoms with Gasteiger partial charge in [0, 0.05) is 5.56 Å². The summed E-state index contributed by atoms with van der Waals surface area (Å²) in [5, 5.41) is 18.9. The average molecular weight is 240 g/mol. The van der Waals surface area contributed by atoms with Crippen molar-refractivity contribution in [2.75, 3.05) is 0 Å². The topological polar surface area (TPSA) is 49.7 Å². The lowest BCUT2D eigenvalue weighted by molar-refractivity contribution is 0.00582. The van der Waals surface area contributed by atoms with E-state index in [1.54, 1.807) is 0 Å². The van der Waals surface area contributed by atoms with Gasteiger partial charge >= 0.3 is 0 Å². The van der Waals surface area contributed by atoms with E-state index in [0.29, 0.717) is 11.3 Å². The van der Waals surface area contributed by atoms with Crippen molar-refractivity contribution >= 4 is 0 Å². The van der Waals surface area contributed by atoms with E-state index in [4.69, 9.17) is 9.84 Å². The molecule has 0 saturated heterocycles. The van der Waals surface area contributed by atoms with Crippen LogP contribution >= 0.6 is 0 Å². The van der Waals surface area contributed by atoms with Crippen molar-refractivity contribution in [2.24, 2.45) is 0 Å². The van der Waals surface area contributed by atoms with Crippen LogP contribution in [-0.4, -0.2) is 22.4 Å². The lowest BCUT2D eigenvalue weighted by Gasteiger charge is -2.28. The minimum atomic E-state index is -0.472. The van der Waals surface area contributed by atoms with Crippen LogP contribution in [0.2, 0.25) is 0 Å². The monoisotopic (exact) mass is 240 g/mol. The smallest absolute Gasteiger partial charge is 0.125 e. The van der Waals surface area contributed by atoms with E-state index in [1.165, 1.54) is 18.2 Å². The molecule has 2 unspecified atom stereocenters. The molecule has 1 aliphatic rings. The number of aliphatic hydroxyl groups excluding tert-OH is 2. The molecular formula is C13H17FO3. The Kier molecular flexibility index (Phi) is 3.97. The van der Waals surface area contributed by atoms with E-state index >= 15 is 0 Å². The van der Waals surface area contributed by atoms with Gasteiger partial charge in [0.15, 0.2) is 0 Å². The Labute approximate surface area is 99.8 Å². The van der Waals surface area contributed by atoms with Crippen LogP contribution in [0.5, 0.6) is 5.75 Å². The maximum absolute atomic E-state index is 13.0. The van der Waals surface area contributed by atoms with E-state index in [-0.39, 0.29) is 12.7 Å². The van der Waals surface area contributed by atoms with Gasteiger partial charge in [-0.1, -0.05) is 6.42 Å². The highest BCUT2D eigenvalue weighted by Crippen LogP contribution is 2.26. The summed E-state index contributed by atoms with van der Waals surface area (Å²) in [5.41, 5.74) is 0.419. The van der Waals surface area contributed by atoms with E-state index in [1.807, 2.05) is 0 Å². The Morgan fingerprint density at radius 1 is 1.29 bits per heavy atom. The molecule has 0 radical (unpaired) electrons. The summed E-state index contributed by atoms with van der Waals surface area (Å²) in [5.74, 6) is 0.0606. The molecule has 2 rings (SSSR count). The molecule has 0 amide bonds. The van der Waals surface area contributed by atoms with Crippen molar-refractivity contribution in [2.45, 2.75) is 44.5 Å². The fourth-order valence-electron chi connectivity index (χ4n) is 2.16. The highest BCUT2D eigenvalue weighted by Gasteiger charge is 2.25. The Bertz CT molecular complexity index is 381. The molecule has 94 valence electrons. The summed E-state index contributed by atoms with van der Waals surface area (Å²) in [7, 11) is 0. The molecule has 0 aromatic heterocycles. The van der Waals surface area contributed by atoms with Crippen LogP contribution in [0.25, 0.3) is 0 Å². The van der Waals surface area contributed by atoms with Crippen molar-refractivity contribution in [3.05, 3.63) is 29.6 Å². The first-order valence-corrected chi connectivity index (χ1v) is 5.94. The van der Waals surface area contributed by atoms with Crippen molar-refractivity contribution in [3.8, 4) is 5.75 Å². The first kappa shape index (κ1) is 12.3. The Hall–Kier alpha value is -1.13. The van der Waals surface area contributed by atoms with Gasteiger partial charge in [-0.05, 0) is 37.5 Å². The van der Waals surface area contributed by atoms with E-state index < -0.39 is 11.9 Å². The quantitative estimate of drug-likeness (QED) is 0.849. The third-order valence-electron chi connectivity index (χ3n) is 3.14. The maximum Gasteiger partial charge on any atom is 0.125 e. The third kappa shape index (κ3) is 2.96. The second kappa shape index (κ2) is 5.47. The summed E-state index contributed by atoms with van der Waals surface area (Å²) < 4.78 is 18.6. The minimum Gasteiger partial charge on any atom is -0.487 e. The van der Waals surface area contributed by atoms with E-state index in [0.717, 1.165) is 25.7 Å². The maximum atomic E-state index is 13.0. The summed E-state index contributed by atoms with van der Waals surface area (Å²) in [6.45, 7) is -0.268. The number of hydrogen-bond donors (Lipinski definition) is 2. The van der Waals surface area contributed by atoms with Gasteiger partial charge in [-0.3, -0.25) is 0 Å². The van der Waals surface area contributed by atoms with Crippen molar-refractivity contribution < 1.29 is 19.3 Å². The number of halogens is 1. The van der Waals surface area contributed by atoms with Gasteiger partial charge < -0.3 is 14.9 Å². The van der Waals surface area contributed by atoms with Crippen molar-refractivity contribution in [1.29, 1.82) is 0 Å². The van der Waals surface area contributed by atoms with Crippen LogP contribution in [0, 0.1) is 5.82 Å². The van der Waals surface area contributed by atoms with Crippen LogP contribution in [0.15, 0.2) is 18.2 Å². The van der Waals surface area contributed by atoms with Crippen LogP contribution in [0.4, 0.5) is 4.39 Å². The standard InChI is InChI=1S/C13H17FO3/c14-10-5-6-12(9(7-10)8-15)17-13-4-2-1-3-11(13)16/h5-7,11,13,15-16H,1-4,8H2. The molecule has 2 N–H and O–H groups in total. The molecule has 1 aromatic carbocycles. The molecule has 2 atom stereocenters. The highest BCUT2D eigenvalue weighted by molar-refractivity contribution is 5.33. The predicted molar refractivity (Wildman–Crippen MR) is 61.2 cm³/mol. The largest absolute Gasteiger partial charge is 0.487 e. The van der Waals surface area contributed by atoms with Crippen molar-refractivity contribution in [3.63, 3.8) is 0 Å². The molecule has 1 aliphatic carbocycles. The predicted octanol–water partition coefficient (Wildman–Crippen LogP) is 2.00. The number of benzene rings is 1. The zero-order chi connectivity index (χ0) is 12.3. The summed E-state index contributed by atoms with van der Waals surface area (Å²) in [6.07, 6.45) is 2.85. The lowest BCUT2D eigenvalue weighted by atomic mass is 9.95. The third-order valence-corrected chi connectivity index (χ3v) is 3.14. The van der Waals surface area contributed by atoms with Gasteiger partial charge in [-0.25, -0.2) is 4.39 Å². The minimum absolute atomic E-state index is 0.250. The Morgan fingerprint density at radius 2 is 2.06 bits per heavy atom. The molecule has 1 fully saturated rings. The summed E-state index contributed by atoms with van der Waals surface area (Å²) >= 11 is 0. The molecule has 17 heavy (non-hydrogen) atoms. The van der Waals surface area contributed by atoms with Crippen LogP contribution in [-0.2, 0) is 6.61 Å². The SMILES string of the molecule is OCc1cc(F)ccc1OC1CCCCC1O. The molecule has 1 saturated carbocycles. The molecule has 0 aliphatic heterocycles.